The number of carbonyl (C=O) groups excluding carboxylic acids is 1. The topological polar surface area (TPSA) is 121 Å². The highest BCUT2D eigenvalue weighted by Crippen LogP contribution is 2.42. The molecule has 0 saturated heterocycles. The number of rotatable bonds is 6. The molecule has 0 fully saturated rings. The third-order valence-electron chi connectivity index (χ3n) is 4.35. The van der Waals surface area contributed by atoms with E-state index < -0.39 is 0 Å². The largest absolute Gasteiger partial charge is 0.397 e. The molecule has 0 aliphatic rings. The van der Waals surface area contributed by atoms with E-state index in [2.05, 4.69) is 21.3 Å². The van der Waals surface area contributed by atoms with Crippen molar-refractivity contribution in [3.05, 3.63) is 40.8 Å². The van der Waals surface area contributed by atoms with E-state index in [4.69, 9.17) is 11.5 Å². The van der Waals surface area contributed by atoms with Crippen molar-refractivity contribution in [2.24, 2.45) is 0 Å². The Morgan fingerprint density at radius 1 is 1.29 bits per heavy atom. The molecule has 0 aliphatic heterocycles. The smallest absolute Gasteiger partial charge is 0.263 e. The fraction of sp³-hybridized carbons (Fsp3) is 0.250. The third kappa shape index (κ3) is 3.76. The number of benzene rings is 1. The Labute approximate surface area is 167 Å². The monoisotopic (exact) mass is 394 g/mol. The van der Waals surface area contributed by atoms with Crippen LogP contribution in [0, 0.1) is 11.3 Å². The lowest BCUT2D eigenvalue weighted by Gasteiger charge is -2.10. The Bertz CT molecular complexity index is 1050. The van der Waals surface area contributed by atoms with Crippen LogP contribution in [0.15, 0.2) is 30.3 Å². The summed E-state index contributed by atoms with van der Waals surface area (Å²) in [6, 6.07) is 11.5. The normalized spacial score (nSPS) is 10.9. The van der Waals surface area contributed by atoms with Crippen LogP contribution in [-0.4, -0.2) is 43.0 Å². The minimum atomic E-state index is -0.240. The zero-order valence-electron chi connectivity index (χ0n) is 15.8. The summed E-state index contributed by atoms with van der Waals surface area (Å²) in [7, 11) is 3.97. The lowest BCUT2D eigenvalue weighted by molar-refractivity contribution is 0.0957. The minimum absolute atomic E-state index is 0.132. The zero-order valence-corrected chi connectivity index (χ0v) is 16.6. The number of amides is 1. The van der Waals surface area contributed by atoms with E-state index in [0.29, 0.717) is 32.9 Å². The van der Waals surface area contributed by atoms with Gasteiger partial charge in [0, 0.05) is 17.5 Å². The van der Waals surface area contributed by atoms with E-state index in [9.17, 15) is 10.1 Å². The number of nitrogens with two attached hydrogens (primary N) is 2. The SMILES string of the molecule is CN(C)CCCNC(=O)c1sc2nc(N)c(C#N)c(-c3ccccc3)c2c1N. The molecule has 0 radical (unpaired) electrons. The van der Waals surface area contributed by atoms with Crippen molar-refractivity contribution in [2.45, 2.75) is 6.42 Å². The number of anilines is 2. The molecular formula is C20H22N6OS. The number of aromatic nitrogens is 1. The fourth-order valence-corrected chi connectivity index (χ4v) is 4.05. The van der Waals surface area contributed by atoms with Gasteiger partial charge in [0.15, 0.2) is 0 Å². The van der Waals surface area contributed by atoms with Crippen LogP contribution in [0.3, 0.4) is 0 Å². The Hall–Kier alpha value is -3.15. The van der Waals surface area contributed by atoms with Crippen molar-refractivity contribution in [3.8, 4) is 17.2 Å². The Balaban J connectivity index is 2.06. The summed E-state index contributed by atoms with van der Waals surface area (Å²) in [5.74, 6) is -0.108. The average Bonchev–Trinajstić information content (AvgIpc) is 3.00. The molecule has 8 heteroatoms. The Morgan fingerprint density at radius 2 is 2.00 bits per heavy atom. The number of carbonyl (C=O) groups is 1. The number of hydrogen-bond donors (Lipinski definition) is 3. The maximum atomic E-state index is 12.6. The van der Waals surface area contributed by atoms with Gasteiger partial charge in [-0.25, -0.2) is 4.98 Å². The van der Waals surface area contributed by atoms with Crippen LogP contribution < -0.4 is 16.8 Å². The second-order valence-corrected chi connectivity index (χ2v) is 7.66. The highest BCUT2D eigenvalue weighted by Gasteiger charge is 2.24. The van der Waals surface area contributed by atoms with Crippen molar-refractivity contribution in [3.63, 3.8) is 0 Å². The molecule has 0 bridgehead atoms. The number of nitrogen functional groups attached to an aromatic ring is 2. The predicted octanol–water partition coefficient (Wildman–Crippen LogP) is 2.68. The second kappa shape index (κ2) is 8.25. The van der Waals surface area contributed by atoms with Crippen LogP contribution in [0.25, 0.3) is 21.3 Å². The third-order valence-corrected chi connectivity index (χ3v) is 5.45. The number of pyridine rings is 1. The van der Waals surface area contributed by atoms with Crippen LogP contribution in [0.1, 0.15) is 21.7 Å². The molecular weight excluding hydrogens is 372 g/mol. The zero-order chi connectivity index (χ0) is 20.3. The molecule has 28 heavy (non-hydrogen) atoms. The van der Waals surface area contributed by atoms with Gasteiger partial charge in [0.05, 0.1) is 5.69 Å². The van der Waals surface area contributed by atoms with Gasteiger partial charge in [0.1, 0.15) is 27.2 Å². The molecule has 2 heterocycles. The second-order valence-electron chi connectivity index (χ2n) is 6.66. The van der Waals surface area contributed by atoms with Gasteiger partial charge in [-0.1, -0.05) is 30.3 Å². The molecule has 0 atom stereocenters. The number of fused-ring (bicyclic) bond motifs is 1. The summed E-state index contributed by atoms with van der Waals surface area (Å²) in [6.07, 6.45) is 0.836. The summed E-state index contributed by atoms with van der Waals surface area (Å²) in [5.41, 5.74) is 14.4. The van der Waals surface area contributed by atoms with E-state index in [1.54, 1.807) is 0 Å². The van der Waals surface area contributed by atoms with Gasteiger partial charge in [0.25, 0.3) is 5.91 Å². The number of hydrogen-bond acceptors (Lipinski definition) is 7. The number of nitrogens with one attached hydrogen (secondary N) is 1. The standard InChI is InChI=1S/C20H22N6OS/c1-26(2)10-6-9-24-19(27)17-16(22)15-14(12-7-4-3-5-8-12)13(11-21)18(23)25-20(15)28-17/h3-5,7-8H,6,9-10,22H2,1-2H3,(H2,23,25)(H,24,27). The molecule has 5 N–H and O–H groups in total. The van der Waals surface area contributed by atoms with Crippen molar-refractivity contribution in [1.82, 2.24) is 15.2 Å². The summed E-state index contributed by atoms with van der Waals surface area (Å²) in [5, 5.41) is 13.1. The molecule has 0 spiro atoms. The van der Waals surface area contributed by atoms with E-state index in [0.717, 1.165) is 18.5 Å². The van der Waals surface area contributed by atoms with Gasteiger partial charge in [-0.3, -0.25) is 4.79 Å². The van der Waals surface area contributed by atoms with Crippen molar-refractivity contribution >= 4 is 39.0 Å². The van der Waals surface area contributed by atoms with Crippen molar-refractivity contribution in [1.29, 1.82) is 5.26 Å². The van der Waals surface area contributed by atoms with Crippen molar-refractivity contribution in [2.75, 3.05) is 38.7 Å². The molecule has 1 amide bonds. The summed E-state index contributed by atoms with van der Waals surface area (Å²) in [4.78, 5) is 20.0. The Kier molecular flexibility index (Phi) is 5.78. The summed E-state index contributed by atoms with van der Waals surface area (Å²) < 4.78 is 0. The maximum absolute atomic E-state index is 12.6. The quantitative estimate of drug-likeness (QED) is 0.553. The van der Waals surface area contributed by atoms with E-state index in [1.165, 1.54) is 11.3 Å². The highest BCUT2D eigenvalue weighted by molar-refractivity contribution is 7.21. The van der Waals surface area contributed by atoms with Gasteiger partial charge in [-0.2, -0.15) is 5.26 Å². The fourth-order valence-electron chi connectivity index (χ4n) is 3.02. The molecule has 0 unspecified atom stereocenters. The van der Waals surface area contributed by atoms with Crippen LogP contribution in [-0.2, 0) is 0 Å². The first kappa shape index (κ1) is 19.6. The van der Waals surface area contributed by atoms with Gasteiger partial charge >= 0.3 is 0 Å². The van der Waals surface area contributed by atoms with Crippen LogP contribution in [0.2, 0.25) is 0 Å². The van der Waals surface area contributed by atoms with Gasteiger partial charge in [-0.15, -0.1) is 11.3 Å². The molecule has 7 nitrogen and oxygen atoms in total. The molecule has 2 aromatic heterocycles. The summed E-state index contributed by atoms with van der Waals surface area (Å²) >= 11 is 1.19. The highest BCUT2D eigenvalue weighted by atomic mass is 32.1. The Morgan fingerprint density at radius 3 is 2.64 bits per heavy atom. The van der Waals surface area contributed by atoms with Crippen molar-refractivity contribution < 1.29 is 4.79 Å². The van der Waals surface area contributed by atoms with E-state index >= 15 is 0 Å². The van der Waals surface area contributed by atoms with Gasteiger partial charge in [-0.05, 0) is 32.6 Å². The number of thiophene rings is 1. The summed E-state index contributed by atoms with van der Waals surface area (Å²) in [6.45, 7) is 1.43. The first-order valence-corrected chi connectivity index (χ1v) is 9.65. The van der Waals surface area contributed by atoms with Crippen LogP contribution >= 0.6 is 11.3 Å². The average molecular weight is 395 g/mol. The first-order valence-electron chi connectivity index (χ1n) is 8.84. The number of nitrogens with zero attached hydrogens (tertiary/aromatic N) is 3. The molecule has 0 saturated carbocycles. The van der Waals surface area contributed by atoms with Gasteiger partial charge in [0.2, 0.25) is 0 Å². The van der Waals surface area contributed by atoms with Crippen LogP contribution in [0.5, 0.6) is 0 Å². The predicted molar refractivity (Wildman–Crippen MR) is 114 cm³/mol. The van der Waals surface area contributed by atoms with E-state index in [1.807, 2.05) is 44.4 Å². The van der Waals surface area contributed by atoms with E-state index in [-0.39, 0.29) is 17.3 Å². The van der Waals surface area contributed by atoms with Crippen LogP contribution in [0.4, 0.5) is 11.5 Å². The first-order chi connectivity index (χ1) is 13.4. The molecule has 0 aliphatic carbocycles. The number of nitriles is 1. The van der Waals surface area contributed by atoms with Gasteiger partial charge < -0.3 is 21.7 Å². The maximum Gasteiger partial charge on any atom is 0.263 e. The minimum Gasteiger partial charge on any atom is -0.397 e. The molecule has 144 valence electrons. The lowest BCUT2D eigenvalue weighted by Crippen LogP contribution is -2.27. The lowest BCUT2D eigenvalue weighted by atomic mass is 9.97. The molecule has 3 aromatic rings. The molecule has 1 aromatic carbocycles. The molecule has 3 rings (SSSR count).